The highest BCUT2D eigenvalue weighted by Gasteiger charge is 2.74. The van der Waals surface area contributed by atoms with Gasteiger partial charge < -0.3 is 29.5 Å². The van der Waals surface area contributed by atoms with Gasteiger partial charge in [-0.2, -0.15) is 69.5 Å². The number of alkyl halides is 14. The number of benzene rings is 4. The molecule has 1 aliphatic rings. The number of cyclic esters (lactones) is 1. The summed E-state index contributed by atoms with van der Waals surface area (Å²) in [5.41, 5.74) is -12.0. The lowest BCUT2D eigenvalue weighted by Crippen LogP contribution is -2.50. The molecule has 0 aromatic heterocycles. The van der Waals surface area contributed by atoms with Crippen LogP contribution in [0.3, 0.4) is 0 Å². The monoisotopic (exact) mass is 1120 g/mol. The quantitative estimate of drug-likeness (QED) is 0.0731. The Balaban J connectivity index is 0.000000365. The fourth-order valence-corrected chi connectivity index (χ4v) is 7.17. The standard InChI is InChI=1S/C22H21F7N2O5S.C19H12F7NO5S.C3H9N/c1-11(2)30-19(33)17-14(6-5-7-16(17)36-37(4,34)35)18(32)31-15-9-8-13(10-12(15)3)20(23,21(24,25)26)22(27,28)29;1-9-8-10(17(20,18(21,22)23)19(24,25)26)6-7-12(9)27-15-11-4-3-5-13(32-33(2,29)30)14(11)16(28)31-15;1-3(2)4/h5-11H,1-4H3,(H,30,33)(H,31,32);3-8H,1-2H3;3H,4H2,1-2H3. The topological polar surface area (TPSA) is 210 Å². The molecule has 0 fully saturated rings. The minimum atomic E-state index is -6.32. The van der Waals surface area contributed by atoms with Gasteiger partial charge in [0.2, 0.25) is 5.90 Å². The van der Waals surface area contributed by atoms with Crippen molar-refractivity contribution in [2.75, 3.05) is 17.8 Å². The van der Waals surface area contributed by atoms with Crippen molar-refractivity contribution in [1.82, 2.24) is 5.32 Å². The highest BCUT2D eigenvalue weighted by atomic mass is 32.2. The van der Waals surface area contributed by atoms with E-state index in [0.717, 1.165) is 32.2 Å². The van der Waals surface area contributed by atoms with E-state index in [2.05, 4.69) is 15.6 Å². The molecule has 0 atom stereocenters. The SMILES string of the molecule is CC(C)N.Cc1cc(C(F)(C(F)(F)F)C(F)(F)F)ccc1N=C1OC(=O)c2c(OS(C)(=O)=O)cccc21.Cc1cc(C(F)(C(F)(F)F)C(F)(F)F)ccc1NC(=O)c1cccc(OS(C)(=O)=O)c1C(=O)NC(C)C. The van der Waals surface area contributed by atoms with Gasteiger partial charge in [-0.15, -0.1) is 0 Å². The Labute approximate surface area is 412 Å². The predicted octanol–water partition coefficient (Wildman–Crippen LogP) is 10.2. The zero-order valence-electron chi connectivity index (χ0n) is 39.3. The van der Waals surface area contributed by atoms with E-state index in [0.29, 0.717) is 30.5 Å². The van der Waals surface area contributed by atoms with E-state index in [1.54, 1.807) is 13.8 Å². The molecule has 0 bridgehead atoms. The summed E-state index contributed by atoms with van der Waals surface area (Å²) in [5, 5.41) is 4.67. The lowest BCUT2D eigenvalue weighted by Gasteiger charge is -2.30. The number of carbonyl (C=O) groups is 3. The van der Waals surface area contributed by atoms with E-state index in [4.69, 9.17) is 18.8 Å². The largest absolute Gasteiger partial charge is 0.435 e. The van der Waals surface area contributed by atoms with Crippen LogP contribution in [0, 0.1) is 13.8 Å². The number of carbonyl (C=O) groups excluding carboxylic acids is 3. The minimum Gasteiger partial charge on any atom is -0.403 e. The minimum absolute atomic E-state index is 0.0324. The summed E-state index contributed by atoms with van der Waals surface area (Å²) in [4.78, 5) is 41.8. The molecule has 2 amide bonds. The van der Waals surface area contributed by atoms with E-state index in [-0.39, 0.29) is 57.6 Å². The average Bonchev–Trinajstić information content (AvgIpc) is 3.53. The molecule has 14 nitrogen and oxygen atoms in total. The van der Waals surface area contributed by atoms with E-state index in [1.165, 1.54) is 24.3 Å². The Hall–Kier alpha value is -6.56. The highest BCUT2D eigenvalue weighted by molar-refractivity contribution is 7.86. The lowest BCUT2D eigenvalue weighted by molar-refractivity contribution is -0.349. The average molecular weight is 1120 g/mol. The molecule has 1 heterocycles. The van der Waals surface area contributed by atoms with Crippen LogP contribution in [-0.2, 0) is 36.3 Å². The first kappa shape index (κ1) is 61.7. The molecule has 0 saturated heterocycles. The normalized spacial score (nSPS) is 14.1. The van der Waals surface area contributed by atoms with Gasteiger partial charge in [-0.25, -0.2) is 18.6 Å². The van der Waals surface area contributed by atoms with E-state index in [9.17, 15) is 92.7 Å². The number of aliphatic imine (C=N–C) groups is 1. The van der Waals surface area contributed by atoms with Crippen molar-refractivity contribution in [1.29, 1.82) is 0 Å². The maximum absolute atomic E-state index is 14.4. The number of hydrogen-bond donors (Lipinski definition) is 3. The summed E-state index contributed by atoms with van der Waals surface area (Å²) in [6.07, 6.45) is -23.8. The molecular formula is C44H42F14N4O10S2. The fourth-order valence-electron chi connectivity index (χ4n) is 6.24. The van der Waals surface area contributed by atoms with Crippen LogP contribution in [0.15, 0.2) is 77.8 Å². The van der Waals surface area contributed by atoms with Gasteiger partial charge in [-0.3, -0.25) is 9.59 Å². The van der Waals surface area contributed by atoms with Gasteiger partial charge in [0.1, 0.15) is 5.56 Å². The van der Waals surface area contributed by atoms with E-state index < -0.39 is 114 Å². The van der Waals surface area contributed by atoms with Gasteiger partial charge >= 0.3 is 62.2 Å². The van der Waals surface area contributed by atoms with Crippen molar-refractivity contribution >= 4 is 55.3 Å². The Morgan fingerprint density at radius 1 is 0.635 bits per heavy atom. The second-order valence-corrected chi connectivity index (χ2v) is 19.6. The molecule has 30 heteroatoms. The molecule has 1 aliphatic heterocycles. The molecule has 0 radical (unpaired) electrons. The van der Waals surface area contributed by atoms with Crippen molar-refractivity contribution in [2.45, 2.75) is 89.7 Å². The summed E-state index contributed by atoms with van der Waals surface area (Å²) < 4.78 is 245. The van der Waals surface area contributed by atoms with Crippen LogP contribution in [0.25, 0.3) is 0 Å². The second-order valence-electron chi connectivity index (χ2n) is 16.4. The molecule has 0 saturated carbocycles. The van der Waals surface area contributed by atoms with Crippen LogP contribution in [0.5, 0.6) is 11.5 Å². The molecule has 408 valence electrons. The number of amides is 2. The highest BCUT2D eigenvalue weighted by Crippen LogP contribution is 2.55. The first-order valence-electron chi connectivity index (χ1n) is 20.5. The van der Waals surface area contributed by atoms with Crippen molar-refractivity contribution < 1.29 is 106 Å². The van der Waals surface area contributed by atoms with E-state index >= 15 is 0 Å². The number of anilines is 1. The fraction of sp³-hybridized carbons (Fsp3) is 0.364. The summed E-state index contributed by atoms with van der Waals surface area (Å²) in [7, 11) is -8.16. The number of nitrogens with two attached hydrogens (primary N) is 1. The number of esters is 1. The third kappa shape index (κ3) is 14.4. The first-order valence-corrected chi connectivity index (χ1v) is 24.1. The molecule has 0 spiro atoms. The molecule has 4 N–H and O–H groups in total. The van der Waals surface area contributed by atoms with Crippen LogP contribution in [-0.4, -0.2) is 89.8 Å². The smallest absolute Gasteiger partial charge is 0.403 e. The van der Waals surface area contributed by atoms with Gasteiger partial charge in [-0.1, -0.05) is 50.2 Å². The number of nitrogens with zero attached hydrogens (tertiary/aromatic N) is 1. The van der Waals surface area contributed by atoms with Crippen molar-refractivity contribution in [3.05, 3.63) is 117 Å². The third-order valence-electron chi connectivity index (χ3n) is 9.30. The van der Waals surface area contributed by atoms with Crippen LogP contribution in [0.1, 0.15) is 86.6 Å². The maximum Gasteiger partial charge on any atom is 0.435 e. The van der Waals surface area contributed by atoms with Gasteiger partial charge in [-0.05, 0) is 81.3 Å². The van der Waals surface area contributed by atoms with Crippen LogP contribution >= 0.6 is 0 Å². The summed E-state index contributed by atoms with van der Waals surface area (Å²) >= 11 is 0. The first-order chi connectivity index (χ1) is 33.4. The molecular weight excluding hydrogens is 1070 g/mol. The second kappa shape index (κ2) is 22.1. The molecule has 4 aromatic rings. The molecule has 4 aromatic carbocycles. The Kier molecular flexibility index (Phi) is 18.4. The number of nitrogens with one attached hydrogen (secondary N) is 2. The van der Waals surface area contributed by atoms with E-state index in [1.807, 2.05) is 13.8 Å². The number of rotatable bonds is 11. The number of fused-ring (bicyclic) bond motifs is 1. The summed E-state index contributed by atoms with van der Waals surface area (Å²) in [5.74, 6) is -4.31. The lowest BCUT2D eigenvalue weighted by atomic mass is 9.92. The maximum atomic E-state index is 14.4. The van der Waals surface area contributed by atoms with Crippen LogP contribution in [0.2, 0.25) is 0 Å². The van der Waals surface area contributed by atoms with Crippen molar-refractivity contribution in [3.63, 3.8) is 0 Å². The van der Waals surface area contributed by atoms with Gasteiger partial charge in [0.25, 0.3) is 11.8 Å². The molecule has 0 unspecified atom stereocenters. The predicted molar refractivity (Wildman–Crippen MR) is 237 cm³/mol. The molecule has 74 heavy (non-hydrogen) atoms. The van der Waals surface area contributed by atoms with Crippen LogP contribution < -0.4 is 24.7 Å². The summed E-state index contributed by atoms with van der Waals surface area (Å²) in [6.45, 7) is 9.16. The van der Waals surface area contributed by atoms with Gasteiger partial charge in [0.15, 0.2) is 11.5 Å². The third-order valence-corrected chi connectivity index (χ3v) is 10.3. The van der Waals surface area contributed by atoms with Gasteiger partial charge in [0, 0.05) is 22.9 Å². The zero-order chi connectivity index (χ0) is 57.1. The number of hydrogen-bond acceptors (Lipinski definition) is 12. The molecule has 5 rings (SSSR count). The molecule has 0 aliphatic carbocycles. The van der Waals surface area contributed by atoms with Crippen molar-refractivity contribution in [3.8, 4) is 11.5 Å². The van der Waals surface area contributed by atoms with Gasteiger partial charge in [0.05, 0.1) is 34.9 Å². The Morgan fingerprint density at radius 3 is 1.50 bits per heavy atom. The zero-order valence-corrected chi connectivity index (χ0v) is 40.9. The Bertz CT molecular complexity index is 3000. The van der Waals surface area contributed by atoms with Crippen molar-refractivity contribution in [2.24, 2.45) is 10.7 Å². The number of ether oxygens (including phenoxy) is 1. The summed E-state index contributed by atoms with van der Waals surface area (Å²) in [6, 6.07) is 9.50. The van der Waals surface area contributed by atoms with Crippen LogP contribution in [0.4, 0.5) is 72.8 Å². The number of aryl methyl sites for hydroxylation is 2. The number of halogens is 14. The Morgan fingerprint density at radius 2 is 1.07 bits per heavy atom.